The maximum atomic E-state index is 12.1. The quantitative estimate of drug-likeness (QED) is 0.892. The number of rotatable bonds is 6. The molecule has 0 saturated carbocycles. The molecule has 0 radical (unpaired) electrons. The number of benzene rings is 2. The highest BCUT2D eigenvalue weighted by atomic mass is 16.5. The number of methoxy groups -OCH3 is 2. The normalized spacial score (nSPS) is 10.1. The third-order valence-corrected chi connectivity index (χ3v) is 3.41. The molecule has 0 unspecified atom stereocenters. The van der Waals surface area contributed by atoms with E-state index in [4.69, 9.17) is 9.47 Å². The Morgan fingerprint density at radius 3 is 2.59 bits per heavy atom. The minimum Gasteiger partial charge on any atom is -0.497 e. The number of hydrogen-bond acceptors (Lipinski definition) is 3. The van der Waals surface area contributed by atoms with Crippen LogP contribution in [0.3, 0.4) is 0 Å². The molecule has 2 aromatic rings. The fourth-order valence-electron chi connectivity index (χ4n) is 2.28. The van der Waals surface area contributed by atoms with Gasteiger partial charge in [-0.3, -0.25) is 4.79 Å². The average molecular weight is 299 g/mol. The highest BCUT2D eigenvalue weighted by Gasteiger charge is 2.10. The Morgan fingerprint density at radius 2 is 1.91 bits per heavy atom. The van der Waals surface area contributed by atoms with E-state index in [-0.39, 0.29) is 12.3 Å². The standard InChI is InChI=1S/C18H21NO3/c1-13-5-4-6-14(9-13)12-19-18(20)11-15-10-16(21-2)7-8-17(15)22-3/h4-10H,11-12H2,1-3H3,(H,19,20). The summed E-state index contributed by atoms with van der Waals surface area (Å²) >= 11 is 0. The fraction of sp³-hybridized carbons (Fsp3) is 0.278. The summed E-state index contributed by atoms with van der Waals surface area (Å²) in [5.41, 5.74) is 3.08. The Labute approximate surface area is 131 Å². The Bertz CT molecular complexity index is 653. The maximum Gasteiger partial charge on any atom is 0.224 e. The monoisotopic (exact) mass is 299 g/mol. The zero-order valence-corrected chi connectivity index (χ0v) is 13.2. The van der Waals surface area contributed by atoms with E-state index in [2.05, 4.69) is 11.4 Å². The van der Waals surface area contributed by atoms with Gasteiger partial charge < -0.3 is 14.8 Å². The minimum absolute atomic E-state index is 0.0481. The first kappa shape index (κ1) is 15.9. The second-order valence-electron chi connectivity index (χ2n) is 5.12. The van der Waals surface area contributed by atoms with Crippen LogP contribution in [0.2, 0.25) is 0 Å². The van der Waals surface area contributed by atoms with Crippen LogP contribution in [0.4, 0.5) is 0 Å². The van der Waals surface area contributed by atoms with Crippen LogP contribution in [0, 0.1) is 6.92 Å². The SMILES string of the molecule is COc1ccc(OC)c(CC(=O)NCc2cccc(C)c2)c1. The van der Waals surface area contributed by atoms with Crippen LogP contribution in [0.5, 0.6) is 11.5 Å². The van der Waals surface area contributed by atoms with Crippen molar-refractivity contribution in [1.29, 1.82) is 0 Å². The first-order chi connectivity index (χ1) is 10.6. The molecule has 0 atom stereocenters. The molecule has 0 saturated heterocycles. The minimum atomic E-state index is -0.0481. The first-order valence-electron chi connectivity index (χ1n) is 7.15. The smallest absolute Gasteiger partial charge is 0.224 e. The lowest BCUT2D eigenvalue weighted by atomic mass is 10.1. The largest absolute Gasteiger partial charge is 0.497 e. The number of ether oxygens (including phenoxy) is 2. The van der Waals surface area contributed by atoms with Gasteiger partial charge in [0.15, 0.2) is 0 Å². The highest BCUT2D eigenvalue weighted by molar-refractivity contribution is 5.79. The summed E-state index contributed by atoms with van der Waals surface area (Å²) in [4.78, 5) is 12.1. The van der Waals surface area contributed by atoms with Gasteiger partial charge >= 0.3 is 0 Å². The second kappa shape index (κ2) is 7.50. The maximum absolute atomic E-state index is 12.1. The molecule has 2 rings (SSSR count). The summed E-state index contributed by atoms with van der Waals surface area (Å²) in [5.74, 6) is 1.35. The van der Waals surface area contributed by atoms with Crippen molar-refractivity contribution in [3.8, 4) is 11.5 Å². The van der Waals surface area contributed by atoms with Crippen molar-refractivity contribution in [3.05, 3.63) is 59.2 Å². The van der Waals surface area contributed by atoms with Crippen LogP contribution in [0.15, 0.2) is 42.5 Å². The van der Waals surface area contributed by atoms with E-state index in [9.17, 15) is 4.79 Å². The van der Waals surface area contributed by atoms with Gasteiger partial charge in [-0.2, -0.15) is 0 Å². The lowest BCUT2D eigenvalue weighted by molar-refractivity contribution is -0.120. The van der Waals surface area contributed by atoms with Crippen LogP contribution in [0.1, 0.15) is 16.7 Å². The van der Waals surface area contributed by atoms with Crippen molar-refractivity contribution in [3.63, 3.8) is 0 Å². The van der Waals surface area contributed by atoms with Gasteiger partial charge in [0.25, 0.3) is 0 Å². The van der Waals surface area contributed by atoms with Gasteiger partial charge in [0.1, 0.15) is 11.5 Å². The summed E-state index contributed by atoms with van der Waals surface area (Å²) in [7, 11) is 3.19. The lowest BCUT2D eigenvalue weighted by Gasteiger charge is -2.11. The van der Waals surface area contributed by atoms with Crippen LogP contribution in [0.25, 0.3) is 0 Å². The van der Waals surface area contributed by atoms with E-state index in [1.165, 1.54) is 5.56 Å². The van der Waals surface area contributed by atoms with Crippen LogP contribution < -0.4 is 14.8 Å². The van der Waals surface area contributed by atoms with E-state index in [1.54, 1.807) is 14.2 Å². The molecule has 0 aliphatic rings. The van der Waals surface area contributed by atoms with E-state index in [0.29, 0.717) is 18.0 Å². The molecule has 0 bridgehead atoms. The number of amides is 1. The van der Waals surface area contributed by atoms with Gasteiger partial charge in [0, 0.05) is 12.1 Å². The van der Waals surface area contributed by atoms with Crippen LogP contribution in [-0.4, -0.2) is 20.1 Å². The van der Waals surface area contributed by atoms with Gasteiger partial charge in [-0.05, 0) is 30.7 Å². The lowest BCUT2D eigenvalue weighted by Crippen LogP contribution is -2.24. The predicted octanol–water partition coefficient (Wildman–Crippen LogP) is 2.87. The molecular weight excluding hydrogens is 278 g/mol. The van der Waals surface area contributed by atoms with Crippen molar-refractivity contribution in [2.75, 3.05) is 14.2 Å². The number of aryl methyl sites for hydroxylation is 1. The molecule has 1 N–H and O–H groups in total. The van der Waals surface area contributed by atoms with Crippen molar-refractivity contribution in [1.82, 2.24) is 5.32 Å². The molecule has 0 spiro atoms. The van der Waals surface area contributed by atoms with Crippen molar-refractivity contribution in [2.45, 2.75) is 19.9 Å². The Balaban J connectivity index is 1.99. The zero-order valence-electron chi connectivity index (χ0n) is 13.2. The zero-order chi connectivity index (χ0) is 15.9. The molecule has 116 valence electrons. The van der Waals surface area contributed by atoms with Gasteiger partial charge in [0.05, 0.1) is 20.6 Å². The molecule has 0 aliphatic heterocycles. The summed E-state index contributed by atoms with van der Waals surface area (Å²) in [6.07, 6.45) is 0.256. The predicted molar refractivity (Wildman–Crippen MR) is 86.3 cm³/mol. The summed E-state index contributed by atoms with van der Waals surface area (Å²) in [6.45, 7) is 2.55. The van der Waals surface area contributed by atoms with Gasteiger partial charge in [-0.15, -0.1) is 0 Å². The van der Waals surface area contributed by atoms with E-state index in [0.717, 1.165) is 11.1 Å². The topological polar surface area (TPSA) is 47.6 Å². The molecule has 4 nitrogen and oxygen atoms in total. The number of carbonyl (C=O) groups excluding carboxylic acids is 1. The molecule has 0 aromatic heterocycles. The molecule has 0 heterocycles. The fourth-order valence-corrected chi connectivity index (χ4v) is 2.28. The Hall–Kier alpha value is -2.49. The summed E-state index contributed by atoms with van der Waals surface area (Å²) in [6, 6.07) is 13.5. The number of hydrogen-bond donors (Lipinski definition) is 1. The average Bonchev–Trinajstić information content (AvgIpc) is 2.53. The third kappa shape index (κ3) is 4.25. The van der Waals surface area contributed by atoms with Gasteiger partial charge in [-0.25, -0.2) is 0 Å². The van der Waals surface area contributed by atoms with Crippen molar-refractivity contribution < 1.29 is 14.3 Å². The van der Waals surface area contributed by atoms with Crippen LogP contribution in [-0.2, 0) is 17.8 Å². The van der Waals surface area contributed by atoms with E-state index >= 15 is 0 Å². The molecule has 22 heavy (non-hydrogen) atoms. The molecule has 0 aliphatic carbocycles. The molecular formula is C18H21NO3. The Morgan fingerprint density at radius 1 is 1.09 bits per heavy atom. The highest BCUT2D eigenvalue weighted by Crippen LogP contribution is 2.24. The van der Waals surface area contributed by atoms with Crippen molar-refractivity contribution in [2.24, 2.45) is 0 Å². The third-order valence-electron chi connectivity index (χ3n) is 3.41. The first-order valence-corrected chi connectivity index (χ1v) is 7.15. The summed E-state index contributed by atoms with van der Waals surface area (Å²) in [5, 5.41) is 2.93. The molecule has 0 fully saturated rings. The molecule has 1 amide bonds. The number of nitrogens with one attached hydrogen (secondary N) is 1. The van der Waals surface area contributed by atoms with E-state index in [1.807, 2.05) is 43.3 Å². The number of carbonyl (C=O) groups is 1. The summed E-state index contributed by atoms with van der Waals surface area (Å²) < 4.78 is 10.5. The molecule has 4 heteroatoms. The molecule has 2 aromatic carbocycles. The van der Waals surface area contributed by atoms with Crippen LogP contribution >= 0.6 is 0 Å². The van der Waals surface area contributed by atoms with Crippen molar-refractivity contribution >= 4 is 5.91 Å². The van der Waals surface area contributed by atoms with Gasteiger partial charge in [-0.1, -0.05) is 29.8 Å². The second-order valence-corrected chi connectivity index (χ2v) is 5.12. The van der Waals surface area contributed by atoms with E-state index < -0.39 is 0 Å². The Kier molecular flexibility index (Phi) is 5.42. The van der Waals surface area contributed by atoms with Gasteiger partial charge in [0.2, 0.25) is 5.91 Å².